The second-order valence-electron chi connectivity index (χ2n) is 5.16. The fourth-order valence-electron chi connectivity index (χ4n) is 2.17. The second-order valence-corrected chi connectivity index (χ2v) is 5.16. The molecule has 1 aromatic carbocycles. The van der Waals surface area contributed by atoms with Crippen LogP contribution in [0.1, 0.15) is 30.9 Å². The highest BCUT2D eigenvalue weighted by molar-refractivity contribution is 5.78. The van der Waals surface area contributed by atoms with E-state index in [-0.39, 0.29) is 11.8 Å². The lowest BCUT2D eigenvalue weighted by Crippen LogP contribution is -2.31. The molecule has 1 amide bonds. The SMILES string of the molecule is Cc1cccc(CCNC(=O)C(C)C2CC2)c1. The molecule has 1 fully saturated rings. The first-order valence-corrected chi connectivity index (χ1v) is 6.50. The van der Waals surface area contributed by atoms with Crippen LogP contribution in [-0.2, 0) is 11.2 Å². The van der Waals surface area contributed by atoms with E-state index in [1.54, 1.807) is 0 Å². The highest BCUT2D eigenvalue weighted by atomic mass is 16.1. The minimum atomic E-state index is 0.201. The molecule has 1 aliphatic rings. The number of amides is 1. The predicted octanol–water partition coefficient (Wildman–Crippen LogP) is 2.70. The third-order valence-corrected chi connectivity index (χ3v) is 3.54. The van der Waals surface area contributed by atoms with Crippen molar-refractivity contribution < 1.29 is 4.79 Å². The molecule has 1 N–H and O–H groups in total. The van der Waals surface area contributed by atoms with Gasteiger partial charge in [-0.2, -0.15) is 0 Å². The van der Waals surface area contributed by atoms with Crippen molar-refractivity contribution in [2.24, 2.45) is 11.8 Å². The molecule has 2 rings (SSSR count). The zero-order valence-electron chi connectivity index (χ0n) is 10.7. The summed E-state index contributed by atoms with van der Waals surface area (Å²) >= 11 is 0. The minimum absolute atomic E-state index is 0.201. The van der Waals surface area contributed by atoms with Crippen LogP contribution in [0.2, 0.25) is 0 Å². The van der Waals surface area contributed by atoms with Crippen LogP contribution in [-0.4, -0.2) is 12.5 Å². The minimum Gasteiger partial charge on any atom is -0.356 e. The van der Waals surface area contributed by atoms with Gasteiger partial charge >= 0.3 is 0 Å². The van der Waals surface area contributed by atoms with Crippen molar-refractivity contribution in [1.82, 2.24) is 5.32 Å². The van der Waals surface area contributed by atoms with Gasteiger partial charge in [-0.1, -0.05) is 36.8 Å². The summed E-state index contributed by atoms with van der Waals surface area (Å²) in [7, 11) is 0. The summed E-state index contributed by atoms with van der Waals surface area (Å²) in [5.74, 6) is 1.07. The summed E-state index contributed by atoms with van der Waals surface area (Å²) in [5, 5.41) is 3.03. The summed E-state index contributed by atoms with van der Waals surface area (Å²) in [6.07, 6.45) is 3.38. The Hall–Kier alpha value is -1.31. The molecule has 1 unspecified atom stereocenters. The molecule has 17 heavy (non-hydrogen) atoms. The van der Waals surface area contributed by atoms with Crippen LogP contribution in [0.5, 0.6) is 0 Å². The highest BCUT2D eigenvalue weighted by Crippen LogP contribution is 2.36. The largest absolute Gasteiger partial charge is 0.356 e. The van der Waals surface area contributed by atoms with Gasteiger partial charge in [0.25, 0.3) is 0 Å². The first-order chi connectivity index (χ1) is 8.16. The van der Waals surface area contributed by atoms with E-state index in [0.29, 0.717) is 5.92 Å². The molecule has 1 atom stereocenters. The van der Waals surface area contributed by atoms with Crippen molar-refractivity contribution in [3.05, 3.63) is 35.4 Å². The Morgan fingerprint density at radius 3 is 2.88 bits per heavy atom. The average Bonchev–Trinajstić information content (AvgIpc) is 3.12. The Balaban J connectivity index is 1.73. The van der Waals surface area contributed by atoms with E-state index in [2.05, 4.69) is 36.5 Å². The third-order valence-electron chi connectivity index (χ3n) is 3.54. The summed E-state index contributed by atoms with van der Waals surface area (Å²) in [5.41, 5.74) is 2.57. The molecular weight excluding hydrogens is 210 g/mol. The maximum absolute atomic E-state index is 11.8. The molecule has 0 saturated heterocycles. The Morgan fingerprint density at radius 1 is 1.47 bits per heavy atom. The van der Waals surface area contributed by atoms with Gasteiger partial charge in [0.2, 0.25) is 5.91 Å². The van der Waals surface area contributed by atoms with E-state index in [1.807, 2.05) is 6.92 Å². The summed E-state index contributed by atoms with van der Waals surface area (Å²) in [6, 6.07) is 8.45. The molecule has 92 valence electrons. The van der Waals surface area contributed by atoms with E-state index in [0.717, 1.165) is 13.0 Å². The monoisotopic (exact) mass is 231 g/mol. The van der Waals surface area contributed by atoms with E-state index in [9.17, 15) is 4.79 Å². The maximum Gasteiger partial charge on any atom is 0.223 e. The molecule has 1 saturated carbocycles. The van der Waals surface area contributed by atoms with E-state index in [4.69, 9.17) is 0 Å². The first-order valence-electron chi connectivity index (χ1n) is 6.50. The molecule has 0 radical (unpaired) electrons. The van der Waals surface area contributed by atoms with Gasteiger partial charge in [-0.3, -0.25) is 4.79 Å². The summed E-state index contributed by atoms with van der Waals surface area (Å²) in [4.78, 5) is 11.8. The first kappa shape index (κ1) is 12.2. The lowest BCUT2D eigenvalue weighted by atomic mass is 10.1. The zero-order chi connectivity index (χ0) is 12.3. The molecule has 0 bridgehead atoms. The number of hydrogen-bond acceptors (Lipinski definition) is 1. The Morgan fingerprint density at radius 2 is 2.24 bits per heavy atom. The van der Waals surface area contributed by atoms with Gasteiger partial charge < -0.3 is 5.32 Å². The van der Waals surface area contributed by atoms with Crippen LogP contribution in [0.4, 0.5) is 0 Å². The van der Waals surface area contributed by atoms with Crippen molar-refractivity contribution in [2.45, 2.75) is 33.1 Å². The normalized spacial score (nSPS) is 16.6. The number of nitrogens with one attached hydrogen (secondary N) is 1. The molecule has 0 aromatic heterocycles. The number of benzene rings is 1. The summed E-state index contributed by atoms with van der Waals surface area (Å²) < 4.78 is 0. The average molecular weight is 231 g/mol. The molecule has 0 aliphatic heterocycles. The Labute approximate surface area is 103 Å². The number of hydrogen-bond donors (Lipinski definition) is 1. The van der Waals surface area contributed by atoms with Gasteiger partial charge in [0.1, 0.15) is 0 Å². The van der Waals surface area contributed by atoms with Crippen LogP contribution in [0, 0.1) is 18.8 Å². The van der Waals surface area contributed by atoms with Crippen LogP contribution >= 0.6 is 0 Å². The lowest BCUT2D eigenvalue weighted by Gasteiger charge is -2.11. The number of aryl methyl sites for hydroxylation is 1. The van der Waals surface area contributed by atoms with E-state index < -0.39 is 0 Å². The van der Waals surface area contributed by atoms with Crippen LogP contribution in [0.25, 0.3) is 0 Å². The second kappa shape index (κ2) is 5.35. The van der Waals surface area contributed by atoms with Crippen molar-refractivity contribution >= 4 is 5.91 Å². The van der Waals surface area contributed by atoms with Crippen molar-refractivity contribution in [3.63, 3.8) is 0 Å². The Bertz CT molecular complexity index is 396. The van der Waals surface area contributed by atoms with Gasteiger partial charge in [-0.25, -0.2) is 0 Å². The standard InChI is InChI=1S/C15H21NO/c1-11-4-3-5-13(10-11)8-9-16-15(17)12(2)14-6-7-14/h3-5,10,12,14H,6-9H2,1-2H3,(H,16,17). The van der Waals surface area contributed by atoms with Gasteiger partial charge in [-0.05, 0) is 37.7 Å². The smallest absolute Gasteiger partial charge is 0.223 e. The number of carbonyl (C=O) groups is 1. The molecule has 0 heterocycles. The molecule has 1 aliphatic carbocycles. The Kier molecular flexibility index (Phi) is 3.82. The van der Waals surface area contributed by atoms with Crippen LogP contribution < -0.4 is 5.32 Å². The number of rotatable bonds is 5. The van der Waals surface area contributed by atoms with E-state index in [1.165, 1.54) is 24.0 Å². The van der Waals surface area contributed by atoms with Crippen LogP contribution in [0.3, 0.4) is 0 Å². The van der Waals surface area contributed by atoms with Gasteiger partial charge in [0.05, 0.1) is 0 Å². The zero-order valence-corrected chi connectivity index (χ0v) is 10.7. The topological polar surface area (TPSA) is 29.1 Å². The van der Waals surface area contributed by atoms with Crippen molar-refractivity contribution in [2.75, 3.05) is 6.54 Å². The quantitative estimate of drug-likeness (QED) is 0.829. The molecule has 2 nitrogen and oxygen atoms in total. The maximum atomic E-state index is 11.8. The third kappa shape index (κ3) is 3.58. The lowest BCUT2D eigenvalue weighted by molar-refractivity contribution is -0.125. The predicted molar refractivity (Wildman–Crippen MR) is 69.8 cm³/mol. The van der Waals surface area contributed by atoms with E-state index >= 15 is 0 Å². The number of carbonyl (C=O) groups excluding carboxylic acids is 1. The molecular formula is C15H21NO. The van der Waals surface area contributed by atoms with Gasteiger partial charge in [0, 0.05) is 12.5 Å². The van der Waals surface area contributed by atoms with Crippen molar-refractivity contribution in [3.8, 4) is 0 Å². The summed E-state index contributed by atoms with van der Waals surface area (Å²) in [6.45, 7) is 4.89. The van der Waals surface area contributed by atoms with Gasteiger partial charge in [-0.15, -0.1) is 0 Å². The molecule has 2 heteroatoms. The highest BCUT2D eigenvalue weighted by Gasteiger charge is 2.32. The molecule has 0 spiro atoms. The fourth-order valence-corrected chi connectivity index (χ4v) is 2.17. The van der Waals surface area contributed by atoms with Crippen molar-refractivity contribution in [1.29, 1.82) is 0 Å². The van der Waals surface area contributed by atoms with Gasteiger partial charge in [0.15, 0.2) is 0 Å². The fraction of sp³-hybridized carbons (Fsp3) is 0.533. The van der Waals surface area contributed by atoms with Crippen LogP contribution in [0.15, 0.2) is 24.3 Å². The molecule has 1 aromatic rings.